The molecule has 0 saturated heterocycles. The number of hydrogen-bond donors (Lipinski definition) is 2. The fraction of sp³-hybridized carbons (Fsp3) is 0.562. The van der Waals surface area contributed by atoms with Crippen molar-refractivity contribution in [3.63, 3.8) is 0 Å². The van der Waals surface area contributed by atoms with Crippen LogP contribution in [-0.4, -0.2) is 30.3 Å². The number of amides is 1. The molecule has 0 fully saturated rings. The summed E-state index contributed by atoms with van der Waals surface area (Å²) in [5.41, 5.74) is 0.730. The van der Waals surface area contributed by atoms with Gasteiger partial charge in [0.05, 0.1) is 13.7 Å². The zero-order valence-electron chi connectivity index (χ0n) is 13.2. The number of carbonyl (C=O) groups is 1. The fourth-order valence-electron chi connectivity index (χ4n) is 1.96. The van der Waals surface area contributed by atoms with Crippen LogP contribution in [0.25, 0.3) is 0 Å². The fourth-order valence-corrected chi connectivity index (χ4v) is 1.96. The molecular weight excluding hydrogens is 270 g/mol. The lowest BCUT2D eigenvalue weighted by Gasteiger charge is -2.20. The highest BCUT2D eigenvalue weighted by Gasteiger charge is 2.19. The molecule has 0 aliphatic heterocycles. The lowest BCUT2D eigenvalue weighted by Crippen LogP contribution is -2.42. The molecule has 5 nitrogen and oxygen atoms in total. The van der Waals surface area contributed by atoms with Crippen LogP contribution in [-0.2, 0) is 11.4 Å². The molecule has 1 aromatic rings. The second-order valence-corrected chi connectivity index (χ2v) is 4.93. The summed E-state index contributed by atoms with van der Waals surface area (Å²) >= 11 is 0. The lowest BCUT2D eigenvalue weighted by molar-refractivity contribution is -0.128. The molecule has 0 bridgehead atoms. The van der Waals surface area contributed by atoms with Gasteiger partial charge in [-0.15, -0.1) is 0 Å². The number of methoxy groups -OCH3 is 1. The van der Waals surface area contributed by atoms with Crippen LogP contribution in [0.3, 0.4) is 0 Å². The van der Waals surface area contributed by atoms with Gasteiger partial charge in [0.25, 0.3) is 5.91 Å². The number of hydrogen-bond acceptors (Lipinski definition) is 4. The van der Waals surface area contributed by atoms with Gasteiger partial charge < -0.3 is 19.9 Å². The smallest absolute Gasteiger partial charge is 0.260 e. The molecule has 118 valence electrons. The summed E-state index contributed by atoms with van der Waals surface area (Å²) < 4.78 is 10.9. The van der Waals surface area contributed by atoms with Crippen LogP contribution in [0.1, 0.15) is 39.2 Å². The van der Waals surface area contributed by atoms with Crippen LogP contribution in [0.2, 0.25) is 0 Å². The SMILES string of the molecule is CCC(CC)NC(=O)C(C)Oc1ccc(CO)cc1OC. The molecule has 0 aliphatic carbocycles. The number of rotatable bonds is 8. The Morgan fingerprint density at radius 1 is 1.29 bits per heavy atom. The Balaban J connectivity index is 2.73. The first-order valence-corrected chi connectivity index (χ1v) is 7.30. The van der Waals surface area contributed by atoms with Crippen molar-refractivity contribution in [2.75, 3.05) is 7.11 Å². The van der Waals surface area contributed by atoms with Gasteiger partial charge in [0.1, 0.15) is 0 Å². The molecule has 5 heteroatoms. The molecule has 2 N–H and O–H groups in total. The van der Waals surface area contributed by atoms with Crippen LogP contribution in [0.15, 0.2) is 18.2 Å². The number of aliphatic hydroxyl groups excluding tert-OH is 1. The van der Waals surface area contributed by atoms with Crippen molar-refractivity contribution < 1.29 is 19.4 Å². The Bertz CT molecular complexity index is 458. The van der Waals surface area contributed by atoms with Crippen molar-refractivity contribution >= 4 is 5.91 Å². The summed E-state index contributed by atoms with van der Waals surface area (Å²) in [5.74, 6) is 0.850. The maximum Gasteiger partial charge on any atom is 0.260 e. The minimum absolute atomic E-state index is 0.0681. The Kier molecular flexibility index (Phi) is 7.02. The molecule has 1 amide bonds. The molecule has 1 aromatic carbocycles. The lowest BCUT2D eigenvalue weighted by atomic mass is 10.1. The van der Waals surface area contributed by atoms with Crippen molar-refractivity contribution in [2.24, 2.45) is 0 Å². The predicted octanol–water partition coefficient (Wildman–Crippen LogP) is 2.26. The first kappa shape index (κ1) is 17.3. The monoisotopic (exact) mass is 295 g/mol. The second-order valence-electron chi connectivity index (χ2n) is 4.93. The van der Waals surface area contributed by atoms with Gasteiger partial charge in [-0.3, -0.25) is 4.79 Å². The Morgan fingerprint density at radius 2 is 1.95 bits per heavy atom. The van der Waals surface area contributed by atoms with E-state index in [1.54, 1.807) is 25.1 Å². The van der Waals surface area contributed by atoms with Gasteiger partial charge in [0.2, 0.25) is 0 Å². The van der Waals surface area contributed by atoms with Gasteiger partial charge in [-0.2, -0.15) is 0 Å². The van der Waals surface area contributed by atoms with Crippen molar-refractivity contribution in [2.45, 2.75) is 52.4 Å². The molecule has 0 saturated carbocycles. The average molecular weight is 295 g/mol. The first-order chi connectivity index (χ1) is 10.0. The standard InChI is InChI=1S/C16H25NO4/c1-5-13(6-2)17-16(19)11(3)21-14-8-7-12(10-18)9-15(14)20-4/h7-9,11,13,18H,5-6,10H2,1-4H3,(H,17,19). The molecule has 0 heterocycles. The van der Waals surface area contributed by atoms with E-state index >= 15 is 0 Å². The number of benzene rings is 1. The first-order valence-electron chi connectivity index (χ1n) is 7.30. The van der Waals surface area contributed by atoms with Gasteiger partial charge >= 0.3 is 0 Å². The topological polar surface area (TPSA) is 67.8 Å². The van der Waals surface area contributed by atoms with Crippen LogP contribution < -0.4 is 14.8 Å². The molecule has 0 aromatic heterocycles. The van der Waals surface area contributed by atoms with Crippen molar-refractivity contribution in [3.8, 4) is 11.5 Å². The van der Waals surface area contributed by atoms with Crippen molar-refractivity contribution in [1.82, 2.24) is 5.32 Å². The highest BCUT2D eigenvalue weighted by Crippen LogP contribution is 2.29. The second kappa shape index (κ2) is 8.52. The van der Waals surface area contributed by atoms with Crippen LogP contribution >= 0.6 is 0 Å². The normalized spacial score (nSPS) is 12.1. The van der Waals surface area contributed by atoms with E-state index in [9.17, 15) is 4.79 Å². The number of carbonyl (C=O) groups excluding carboxylic acids is 1. The molecule has 0 spiro atoms. The molecule has 0 aliphatic rings. The molecule has 1 rings (SSSR count). The minimum atomic E-state index is -0.612. The quantitative estimate of drug-likeness (QED) is 0.772. The Hall–Kier alpha value is -1.75. The zero-order chi connectivity index (χ0) is 15.8. The molecule has 21 heavy (non-hydrogen) atoms. The largest absolute Gasteiger partial charge is 0.493 e. The molecular formula is C16H25NO4. The molecule has 1 atom stereocenters. The summed E-state index contributed by atoms with van der Waals surface area (Å²) in [7, 11) is 1.53. The van der Waals surface area contributed by atoms with Gasteiger partial charge in [-0.05, 0) is 37.5 Å². The molecule has 1 unspecified atom stereocenters. The number of aliphatic hydroxyl groups is 1. The Labute approximate surface area is 126 Å². The third-order valence-corrected chi connectivity index (χ3v) is 3.42. The summed E-state index contributed by atoms with van der Waals surface area (Å²) in [6.07, 6.45) is 1.17. The highest BCUT2D eigenvalue weighted by molar-refractivity contribution is 5.81. The van der Waals surface area contributed by atoms with Gasteiger partial charge in [-0.1, -0.05) is 19.9 Å². The third kappa shape index (κ3) is 4.93. The van der Waals surface area contributed by atoms with E-state index in [1.807, 2.05) is 13.8 Å². The summed E-state index contributed by atoms with van der Waals surface area (Å²) in [6, 6.07) is 5.30. The number of ether oxygens (including phenoxy) is 2. The third-order valence-electron chi connectivity index (χ3n) is 3.42. The van der Waals surface area contributed by atoms with E-state index in [0.717, 1.165) is 18.4 Å². The summed E-state index contributed by atoms with van der Waals surface area (Å²) in [4.78, 5) is 12.1. The molecule has 0 radical (unpaired) electrons. The van der Waals surface area contributed by atoms with Crippen LogP contribution in [0.4, 0.5) is 0 Å². The van der Waals surface area contributed by atoms with Crippen molar-refractivity contribution in [1.29, 1.82) is 0 Å². The van der Waals surface area contributed by atoms with E-state index in [-0.39, 0.29) is 18.6 Å². The van der Waals surface area contributed by atoms with E-state index in [1.165, 1.54) is 7.11 Å². The maximum atomic E-state index is 12.1. The van der Waals surface area contributed by atoms with E-state index in [4.69, 9.17) is 14.6 Å². The summed E-state index contributed by atoms with van der Waals surface area (Å²) in [6.45, 7) is 5.71. The number of nitrogens with one attached hydrogen (secondary N) is 1. The van der Waals surface area contributed by atoms with Crippen LogP contribution in [0, 0.1) is 0 Å². The van der Waals surface area contributed by atoms with E-state index < -0.39 is 6.10 Å². The highest BCUT2D eigenvalue weighted by atomic mass is 16.5. The maximum absolute atomic E-state index is 12.1. The average Bonchev–Trinajstić information content (AvgIpc) is 2.52. The van der Waals surface area contributed by atoms with Gasteiger partial charge in [-0.25, -0.2) is 0 Å². The van der Waals surface area contributed by atoms with Crippen LogP contribution in [0.5, 0.6) is 11.5 Å². The predicted molar refractivity (Wildman–Crippen MR) is 81.5 cm³/mol. The van der Waals surface area contributed by atoms with Gasteiger partial charge in [0, 0.05) is 6.04 Å². The van der Waals surface area contributed by atoms with Gasteiger partial charge in [0.15, 0.2) is 17.6 Å². The van der Waals surface area contributed by atoms with E-state index in [0.29, 0.717) is 11.5 Å². The Morgan fingerprint density at radius 3 is 2.48 bits per heavy atom. The summed E-state index contributed by atoms with van der Waals surface area (Å²) in [5, 5.41) is 12.1. The minimum Gasteiger partial charge on any atom is -0.493 e. The zero-order valence-corrected chi connectivity index (χ0v) is 13.2. The van der Waals surface area contributed by atoms with E-state index in [2.05, 4.69) is 5.32 Å². The van der Waals surface area contributed by atoms with Crippen molar-refractivity contribution in [3.05, 3.63) is 23.8 Å².